The van der Waals surface area contributed by atoms with Crippen molar-refractivity contribution in [2.45, 2.75) is 6.10 Å². The van der Waals surface area contributed by atoms with E-state index in [0.29, 0.717) is 6.54 Å². The zero-order valence-electron chi connectivity index (χ0n) is 13.5. The topological polar surface area (TPSA) is 56.9 Å². The first-order chi connectivity index (χ1) is 11.8. The van der Waals surface area contributed by atoms with Crippen molar-refractivity contribution in [1.82, 2.24) is 19.5 Å². The summed E-state index contributed by atoms with van der Waals surface area (Å²) in [5.74, 6) is 0.976. The molecule has 0 aliphatic carbocycles. The molecule has 1 aromatic carbocycles. The number of hydrogen-bond acceptors (Lipinski definition) is 5. The average Bonchev–Trinajstić information content (AvgIpc) is 3.11. The van der Waals surface area contributed by atoms with Gasteiger partial charge in [0.25, 0.3) is 0 Å². The molecule has 0 amide bonds. The van der Waals surface area contributed by atoms with E-state index in [1.165, 1.54) is 0 Å². The first-order valence-corrected chi connectivity index (χ1v) is 8.30. The fourth-order valence-electron chi connectivity index (χ4n) is 3.16. The van der Waals surface area contributed by atoms with Crippen molar-refractivity contribution >= 4 is 11.5 Å². The van der Waals surface area contributed by atoms with Crippen LogP contribution in [0.5, 0.6) is 0 Å². The molecule has 1 aliphatic rings. The van der Waals surface area contributed by atoms with Crippen molar-refractivity contribution in [3.8, 4) is 0 Å². The van der Waals surface area contributed by atoms with E-state index >= 15 is 0 Å². The Labute approximate surface area is 141 Å². The van der Waals surface area contributed by atoms with Gasteiger partial charge in [0.2, 0.25) is 0 Å². The summed E-state index contributed by atoms with van der Waals surface area (Å²) in [6, 6.07) is 13.9. The van der Waals surface area contributed by atoms with Crippen LogP contribution in [0.1, 0.15) is 11.7 Å². The molecule has 1 fully saturated rings. The molecule has 4 rings (SSSR count). The maximum atomic E-state index is 10.4. The second kappa shape index (κ2) is 6.59. The Morgan fingerprint density at radius 3 is 2.58 bits per heavy atom. The van der Waals surface area contributed by atoms with E-state index in [9.17, 15) is 5.11 Å². The summed E-state index contributed by atoms with van der Waals surface area (Å²) in [7, 11) is 0. The lowest BCUT2D eigenvalue weighted by Crippen LogP contribution is -2.47. The van der Waals surface area contributed by atoms with Crippen LogP contribution in [-0.4, -0.2) is 57.3 Å². The summed E-state index contributed by atoms with van der Waals surface area (Å²) in [6.07, 6.45) is 3.19. The van der Waals surface area contributed by atoms with Crippen LogP contribution in [-0.2, 0) is 0 Å². The Morgan fingerprint density at radius 2 is 1.79 bits per heavy atom. The number of fused-ring (bicyclic) bond motifs is 1. The van der Waals surface area contributed by atoms with Crippen LogP contribution in [0.3, 0.4) is 0 Å². The molecule has 1 aliphatic heterocycles. The molecule has 0 saturated carbocycles. The molecule has 124 valence electrons. The molecule has 1 unspecified atom stereocenters. The zero-order valence-corrected chi connectivity index (χ0v) is 13.5. The highest BCUT2D eigenvalue weighted by molar-refractivity contribution is 5.46. The molecule has 1 atom stereocenters. The van der Waals surface area contributed by atoms with E-state index in [0.717, 1.165) is 43.2 Å². The first kappa shape index (κ1) is 15.1. The van der Waals surface area contributed by atoms with Crippen molar-refractivity contribution in [1.29, 1.82) is 0 Å². The van der Waals surface area contributed by atoms with Gasteiger partial charge in [-0.25, -0.2) is 9.50 Å². The van der Waals surface area contributed by atoms with E-state index in [4.69, 9.17) is 0 Å². The van der Waals surface area contributed by atoms with Crippen molar-refractivity contribution in [3.05, 3.63) is 60.4 Å². The molecule has 3 heterocycles. The number of anilines is 1. The van der Waals surface area contributed by atoms with Gasteiger partial charge in [-0.1, -0.05) is 30.3 Å². The summed E-state index contributed by atoms with van der Waals surface area (Å²) < 4.78 is 1.81. The van der Waals surface area contributed by atoms with Gasteiger partial charge < -0.3 is 10.0 Å². The van der Waals surface area contributed by atoms with Gasteiger partial charge >= 0.3 is 0 Å². The second-order valence-electron chi connectivity index (χ2n) is 6.14. The highest BCUT2D eigenvalue weighted by Crippen LogP contribution is 2.17. The van der Waals surface area contributed by atoms with Crippen molar-refractivity contribution in [2.24, 2.45) is 0 Å². The minimum Gasteiger partial charge on any atom is -0.387 e. The number of piperazine rings is 1. The third-order valence-corrected chi connectivity index (χ3v) is 4.55. The molecule has 0 radical (unpaired) electrons. The van der Waals surface area contributed by atoms with Gasteiger partial charge in [-0.05, 0) is 17.7 Å². The molecule has 6 nitrogen and oxygen atoms in total. The zero-order chi connectivity index (χ0) is 16.4. The molecule has 3 aromatic rings. The smallest absolute Gasteiger partial charge is 0.153 e. The second-order valence-corrected chi connectivity index (χ2v) is 6.14. The van der Waals surface area contributed by atoms with Crippen LogP contribution < -0.4 is 4.90 Å². The van der Waals surface area contributed by atoms with Crippen molar-refractivity contribution in [3.63, 3.8) is 0 Å². The third kappa shape index (κ3) is 3.11. The van der Waals surface area contributed by atoms with E-state index in [1.807, 2.05) is 48.7 Å². The fourth-order valence-corrected chi connectivity index (χ4v) is 3.16. The van der Waals surface area contributed by atoms with Crippen LogP contribution >= 0.6 is 0 Å². The number of aliphatic hydroxyl groups is 1. The lowest BCUT2D eigenvalue weighted by Gasteiger charge is -2.36. The minimum atomic E-state index is -0.432. The van der Waals surface area contributed by atoms with Crippen LogP contribution in [0, 0.1) is 0 Å². The Morgan fingerprint density at radius 1 is 1.00 bits per heavy atom. The van der Waals surface area contributed by atoms with Crippen molar-refractivity contribution in [2.75, 3.05) is 37.6 Å². The van der Waals surface area contributed by atoms with Gasteiger partial charge in [-0.2, -0.15) is 0 Å². The van der Waals surface area contributed by atoms with E-state index < -0.39 is 6.10 Å². The molecule has 0 spiro atoms. The molecule has 1 saturated heterocycles. The Hall–Kier alpha value is -2.44. The van der Waals surface area contributed by atoms with Gasteiger partial charge in [0.05, 0.1) is 6.10 Å². The number of nitrogens with zero attached hydrogens (tertiary/aromatic N) is 5. The Balaban J connectivity index is 1.36. The molecular formula is C18H21N5O. The highest BCUT2D eigenvalue weighted by Gasteiger charge is 2.21. The maximum Gasteiger partial charge on any atom is 0.153 e. The number of hydrogen-bond donors (Lipinski definition) is 1. The van der Waals surface area contributed by atoms with Crippen LogP contribution in [0.2, 0.25) is 0 Å². The molecule has 24 heavy (non-hydrogen) atoms. The monoisotopic (exact) mass is 323 g/mol. The quantitative estimate of drug-likeness (QED) is 0.790. The van der Waals surface area contributed by atoms with Crippen LogP contribution in [0.15, 0.2) is 54.9 Å². The Kier molecular flexibility index (Phi) is 4.15. The number of imidazole rings is 1. The maximum absolute atomic E-state index is 10.4. The standard InChI is InChI=1S/C18H21N5O/c24-16(15-4-2-1-3-5-15)14-21-10-12-22(13-11-21)18-7-6-17-19-8-9-23(17)20-18/h1-9,16,24H,10-14H2. The van der Waals surface area contributed by atoms with Crippen molar-refractivity contribution < 1.29 is 5.11 Å². The first-order valence-electron chi connectivity index (χ1n) is 8.30. The van der Waals surface area contributed by atoms with Gasteiger partial charge in [-0.3, -0.25) is 4.90 Å². The molecule has 2 aromatic heterocycles. The summed E-state index contributed by atoms with van der Waals surface area (Å²) in [4.78, 5) is 8.82. The molecule has 0 bridgehead atoms. The van der Waals surface area contributed by atoms with Gasteiger partial charge in [0.1, 0.15) is 5.82 Å². The van der Waals surface area contributed by atoms with E-state index in [1.54, 1.807) is 10.7 Å². The normalized spacial score (nSPS) is 17.3. The lowest BCUT2D eigenvalue weighted by atomic mass is 10.1. The summed E-state index contributed by atoms with van der Waals surface area (Å²) in [5.41, 5.74) is 1.84. The molecule has 6 heteroatoms. The summed E-state index contributed by atoms with van der Waals surface area (Å²) in [6.45, 7) is 4.34. The summed E-state index contributed by atoms with van der Waals surface area (Å²) >= 11 is 0. The SMILES string of the molecule is OC(CN1CCN(c2ccc3nccn3n2)CC1)c1ccccc1. The lowest BCUT2D eigenvalue weighted by molar-refractivity contribution is 0.109. The minimum absolute atomic E-state index is 0.432. The largest absolute Gasteiger partial charge is 0.387 e. The van der Waals surface area contributed by atoms with Gasteiger partial charge in [0.15, 0.2) is 5.65 Å². The van der Waals surface area contributed by atoms with Crippen LogP contribution in [0.4, 0.5) is 5.82 Å². The Bertz CT molecular complexity index is 795. The number of β-amino-alcohol motifs (C(OH)–C–C–N with tert-alkyl or cyclic N) is 1. The third-order valence-electron chi connectivity index (χ3n) is 4.55. The number of aromatic nitrogens is 3. The predicted molar refractivity (Wildman–Crippen MR) is 93.0 cm³/mol. The highest BCUT2D eigenvalue weighted by atomic mass is 16.3. The number of aliphatic hydroxyl groups excluding tert-OH is 1. The fraction of sp³-hybridized carbons (Fsp3) is 0.333. The molecule has 1 N–H and O–H groups in total. The van der Waals surface area contributed by atoms with E-state index in [-0.39, 0.29) is 0 Å². The van der Waals surface area contributed by atoms with Gasteiger partial charge in [0, 0.05) is 45.1 Å². The summed E-state index contributed by atoms with van der Waals surface area (Å²) in [5, 5.41) is 15.0. The van der Waals surface area contributed by atoms with Crippen LogP contribution in [0.25, 0.3) is 5.65 Å². The average molecular weight is 323 g/mol. The number of rotatable bonds is 4. The van der Waals surface area contributed by atoms with E-state index in [2.05, 4.69) is 19.9 Å². The number of benzene rings is 1. The predicted octanol–water partition coefficient (Wildman–Crippen LogP) is 1.58. The molecular weight excluding hydrogens is 302 g/mol. The van der Waals surface area contributed by atoms with Gasteiger partial charge in [-0.15, -0.1) is 5.10 Å².